The fourth-order valence-corrected chi connectivity index (χ4v) is 4.28. The number of phenolic OH excluding ortho intramolecular Hbond substituents is 1. The van der Waals surface area contributed by atoms with Crippen molar-refractivity contribution in [1.29, 1.82) is 0 Å². The standard InChI is InChI=1S/C22H30FN7O3/c23-17-13-16(7-8-18(17)31)26-21-28-19(24-14-5-3-1-2-4-6-14)27-20(29-21)25-15-9-11-30(12-10-15)22(32)33/h7-8,13-15,31H,1-6,9-12H2,(H,32,33)(H3,24,25,26,27,28,29). The Hall–Kier alpha value is -3.37. The number of anilines is 4. The molecule has 178 valence electrons. The summed E-state index contributed by atoms with van der Waals surface area (Å²) in [6, 6.07) is 4.29. The van der Waals surface area contributed by atoms with E-state index in [4.69, 9.17) is 5.11 Å². The Labute approximate surface area is 191 Å². The molecule has 5 N–H and O–H groups in total. The highest BCUT2D eigenvalue weighted by Crippen LogP contribution is 2.24. The van der Waals surface area contributed by atoms with E-state index >= 15 is 0 Å². The van der Waals surface area contributed by atoms with Crippen LogP contribution in [0.4, 0.5) is 32.7 Å². The van der Waals surface area contributed by atoms with Gasteiger partial charge in [-0.3, -0.25) is 0 Å². The van der Waals surface area contributed by atoms with Gasteiger partial charge in [0.15, 0.2) is 11.6 Å². The first-order valence-electron chi connectivity index (χ1n) is 11.5. The van der Waals surface area contributed by atoms with Crippen LogP contribution in [-0.4, -0.2) is 61.3 Å². The molecule has 4 rings (SSSR count). The zero-order valence-electron chi connectivity index (χ0n) is 18.4. The number of benzene rings is 1. The van der Waals surface area contributed by atoms with Crippen molar-refractivity contribution >= 4 is 29.6 Å². The number of amides is 1. The van der Waals surface area contributed by atoms with Gasteiger partial charge in [-0.05, 0) is 37.8 Å². The molecule has 1 aromatic carbocycles. The van der Waals surface area contributed by atoms with Crippen LogP contribution in [0.5, 0.6) is 5.75 Å². The summed E-state index contributed by atoms with van der Waals surface area (Å²) in [7, 11) is 0. The second-order valence-corrected chi connectivity index (χ2v) is 8.62. The van der Waals surface area contributed by atoms with E-state index in [9.17, 15) is 14.3 Å². The molecule has 2 aromatic rings. The predicted octanol–water partition coefficient (Wildman–Crippen LogP) is 4.15. The zero-order valence-corrected chi connectivity index (χ0v) is 18.4. The molecule has 1 saturated heterocycles. The van der Waals surface area contributed by atoms with E-state index in [0.717, 1.165) is 25.7 Å². The number of nitrogens with zero attached hydrogens (tertiary/aromatic N) is 4. The monoisotopic (exact) mass is 459 g/mol. The van der Waals surface area contributed by atoms with Crippen molar-refractivity contribution in [3.8, 4) is 5.75 Å². The summed E-state index contributed by atoms with van der Waals surface area (Å²) in [6.07, 6.45) is 7.28. The number of carbonyl (C=O) groups is 1. The zero-order chi connectivity index (χ0) is 23.2. The molecule has 11 heteroatoms. The Morgan fingerprint density at radius 2 is 1.48 bits per heavy atom. The molecule has 2 heterocycles. The van der Waals surface area contributed by atoms with Crippen molar-refractivity contribution in [1.82, 2.24) is 19.9 Å². The van der Waals surface area contributed by atoms with Gasteiger partial charge in [-0.2, -0.15) is 15.0 Å². The van der Waals surface area contributed by atoms with Crippen molar-refractivity contribution < 1.29 is 19.4 Å². The van der Waals surface area contributed by atoms with E-state index < -0.39 is 17.7 Å². The average molecular weight is 460 g/mol. The largest absolute Gasteiger partial charge is 0.505 e. The molecule has 0 radical (unpaired) electrons. The van der Waals surface area contributed by atoms with Crippen LogP contribution >= 0.6 is 0 Å². The van der Waals surface area contributed by atoms with Crippen LogP contribution in [0.3, 0.4) is 0 Å². The minimum Gasteiger partial charge on any atom is -0.505 e. The molecule has 0 unspecified atom stereocenters. The van der Waals surface area contributed by atoms with E-state index in [1.807, 2.05) is 0 Å². The van der Waals surface area contributed by atoms with Gasteiger partial charge in [0, 0.05) is 36.9 Å². The highest BCUT2D eigenvalue weighted by molar-refractivity contribution is 5.65. The summed E-state index contributed by atoms with van der Waals surface area (Å²) in [5, 5.41) is 28.3. The molecule has 0 spiro atoms. The third-order valence-corrected chi connectivity index (χ3v) is 6.13. The van der Waals surface area contributed by atoms with Crippen molar-refractivity contribution in [3.05, 3.63) is 24.0 Å². The van der Waals surface area contributed by atoms with E-state index in [1.54, 1.807) is 0 Å². The molecule has 2 fully saturated rings. The number of hydrogen-bond acceptors (Lipinski definition) is 8. The lowest BCUT2D eigenvalue weighted by molar-refractivity contribution is 0.133. The second kappa shape index (κ2) is 10.5. The Balaban J connectivity index is 1.51. The quantitative estimate of drug-likeness (QED) is 0.319. The Kier molecular flexibility index (Phi) is 7.26. The average Bonchev–Trinajstić information content (AvgIpc) is 3.05. The van der Waals surface area contributed by atoms with Gasteiger partial charge in [0.05, 0.1) is 0 Å². The lowest BCUT2D eigenvalue weighted by Crippen LogP contribution is -2.42. The predicted molar refractivity (Wildman–Crippen MR) is 123 cm³/mol. The van der Waals surface area contributed by atoms with Crippen LogP contribution in [0, 0.1) is 5.82 Å². The molecule has 33 heavy (non-hydrogen) atoms. The lowest BCUT2D eigenvalue weighted by Gasteiger charge is -2.30. The molecule has 1 aliphatic heterocycles. The Bertz CT molecular complexity index is 961. The van der Waals surface area contributed by atoms with Crippen LogP contribution in [0.15, 0.2) is 18.2 Å². The fourth-order valence-electron chi connectivity index (χ4n) is 4.28. The molecule has 2 aliphatic rings. The second-order valence-electron chi connectivity index (χ2n) is 8.62. The first-order chi connectivity index (χ1) is 16.0. The third-order valence-electron chi connectivity index (χ3n) is 6.13. The van der Waals surface area contributed by atoms with Gasteiger partial charge in [-0.1, -0.05) is 25.7 Å². The molecule has 1 saturated carbocycles. The highest BCUT2D eigenvalue weighted by Gasteiger charge is 2.23. The first kappa shape index (κ1) is 22.8. The molecule has 0 atom stereocenters. The van der Waals surface area contributed by atoms with Crippen LogP contribution in [0.1, 0.15) is 51.4 Å². The van der Waals surface area contributed by atoms with Crippen molar-refractivity contribution in [2.75, 3.05) is 29.0 Å². The van der Waals surface area contributed by atoms with Crippen molar-refractivity contribution in [2.45, 2.75) is 63.5 Å². The van der Waals surface area contributed by atoms with Crippen LogP contribution in [0.25, 0.3) is 0 Å². The Morgan fingerprint density at radius 3 is 2.06 bits per heavy atom. The number of hydrogen-bond donors (Lipinski definition) is 5. The number of halogens is 1. The molecule has 0 bridgehead atoms. The first-order valence-corrected chi connectivity index (χ1v) is 11.5. The molecule has 1 amide bonds. The van der Waals surface area contributed by atoms with Crippen molar-refractivity contribution in [2.24, 2.45) is 0 Å². The number of nitrogens with one attached hydrogen (secondary N) is 3. The summed E-state index contributed by atoms with van der Waals surface area (Å²) in [6.45, 7) is 0.895. The molecular weight excluding hydrogens is 429 g/mol. The Morgan fingerprint density at radius 1 is 0.909 bits per heavy atom. The molecule has 1 aliphatic carbocycles. The normalized spacial score (nSPS) is 17.9. The molecule has 1 aromatic heterocycles. The number of likely N-dealkylation sites (tertiary alicyclic amines) is 1. The van der Waals surface area contributed by atoms with Gasteiger partial charge in [0.1, 0.15) is 0 Å². The highest BCUT2D eigenvalue weighted by atomic mass is 19.1. The number of piperidine rings is 1. The summed E-state index contributed by atoms with van der Waals surface area (Å²) >= 11 is 0. The summed E-state index contributed by atoms with van der Waals surface area (Å²) in [5.41, 5.74) is 0.401. The maximum atomic E-state index is 13.8. The minimum absolute atomic E-state index is 0.0349. The third kappa shape index (κ3) is 6.33. The number of phenols is 1. The van der Waals surface area contributed by atoms with E-state index in [-0.39, 0.29) is 18.0 Å². The molecule has 10 nitrogen and oxygen atoms in total. The van der Waals surface area contributed by atoms with Crippen molar-refractivity contribution in [3.63, 3.8) is 0 Å². The van der Waals surface area contributed by atoms with Gasteiger partial charge in [-0.15, -0.1) is 0 Å². The van der Waals surface area contributed by atoms with Crippen LogP contribution in [0.2, 0.25) is 0 Å². The minimum atomic E-state index is -0.906. The van der Waals surface area contributed by atoms with Gasteiger partial charge in [-0.25, -0.2) is 9.18 Å². The summed E-state index contributed by atoms with van der Waals surface area (Å²) < 4.78 is 13.8. The molecular formula is C22H30FN7O3. The number of rotatable bonds is 6. The number of aromatic hydroxyl groups is 1. The summed E-state index contributed by atoms with van der Waals surface area (Å²) in [5.74, 6) is -0.117. The summed E-state index contributed by atoms with van der Waals surface area (Å²) in [4.78, 5) is 26.0. The topological polar surface area (TPSA) is 136 Å². The van der Waals surface area contributed by atoms with Crippen LogP contribution < -0.4 is 16.0 Å². The van der Waals surface area contributed by atoms with Gasteiger partial charge >= 0.3 is 6.09 Å². The van der Waals surface area contributed by atoms with E-state index in [1.165, 1.54) is 35.9 Å². The fraction of sp³-hybridized carbons (Fsp3) is 0.545. The van der Waals surface area contributed by atoms with E-state index in [2.05, 4.69) is 30.9 Å². The van der Waals surface area contributed by atoms with Crippen LogP contribution in [-0.2, 0) is 0 Å². The smallest absolute Gasteiger partial charge is 0.407 e. The van der Waals surface area contributed by atoms with E-state index in [0.29, 0.717) is 43.5 Å². The number of carboxylic acid groups (broad SMARTS) is 1. The van der Waals surface area contributed by atoms with Gasteiger partial charge in [0.2, 0.25) is 17.8 Å². The maximum absolute atomic E-state index is 13.8. The SMILES string of the molecule is O=C(O)N1CCC(Nc2nc(Nc3ccc(O)c(F)c3)nc(NC3CCCCCC3)n2)CC1. The maximum Gasteiger partial charge on any atom is 0.407 e. The number of aromatic nitrogens is 3. The lowest BCUT2D eigenvalue weighted by atomic mass is 10.1. The van der Waals surface area contributed by atoms with Gasteiger partial charge < -0.3 is 31.1 Å². The van der Waals surface area contributed by atoms with Gasteiger partial charge in [0.25, 0.3) is 0 Å².